The van der Waals surface area contributed by atoms with Gasteiger partial charge in [-0.15, -0.1) is 0 Å². The van der Waals surface area contributed by atoms with Gasteiger partial charge in [0.05, 0.1) is 12.8 Å². The zero-order valence-electron chi connectivity index (χ0n) is 18.3. The summed E-state index contributed by atoms with van der Waals surface area (Å²) in [6, 6.07) is 26.7. The normalized spacial score (nSPS) is 10.8. The number of amides is 1. The first-order valence-corrected chi connectivity index (χ1v) is 10.7. The summed E-state index contributed by atoms with van der Waals surface area (Å²) in [7, 11) is 0. The van der Waals surface area contributed by atoms with E-state index in [4.69, 9.17) is 9.47 Å². The summed E-state index contributed by atoms with van der Waals surface area (Å²) in [4.78, 5) is 12.4. The van der Waals surface area contributed by atoms with Gasteiger partial charge in [-0.25, -0.2) is 5.43 Å². The van der Waals surface area contributed by atoms with E-state index in [1.807, 2.05) is 96.7 Å². The Morgan fingerprint density at radius 3 is 2.39 bits per heavy atom. The number of hydrazone groups is 1. The van der Waals surface area contributed by atoms with E-state index in [1.54, 1.807) is 18.3 Å². The molecular weight excluding hydrogens is 414 g/mol. The highest BCUT2D eigenvalue weighted by atomic mass is 16.5. The standard InChI is InChI=1S/C27H25N3O3/c1-2-32-26-18-22(10-15-25(26)33-20-21-8-4-3-5-9-21)19-28-29-27(31)23-11-13-24(14-12-23)30-16-6-7-17-30/h3-19H,2,20H2,1H3,(H,29,31). The monoisotopic (exact) mass is 439 g/mol. The van der Waals surface area contributed by atoms with Crippen molar-refractivity contribution in [1.82, 2.24) is 9.99 Å². The molecule has 0 unspecified atom stereocenters. The number of hydrogen-bond acceptors (Lipinski definition) is 4. The average Bonchev–Trinajstić information content (AvgIpc) is 3.39. The molecule has 0 aliphatic carbocycles. The summed E-state index contributed by atoms with van der Waals surface area (Å²) in [5.74, 6) is 1.01. The maximum absolute atomic E-state index is 12.4. The van der Waals surface area contributed by atoms with E-state index < -0.39 is 0 Å². The Morgan fingerprint density at radius 1 is 0.909 bits per heavy atom. The lowest BCUT2D eigenvalue weighted by molar-refractivity contribution is 0.0955. The van der Waals surface area contributed by atoms with Crippen LogP contribution in [-0.4, -0.2) is 23.3 Å². The Hall–Kier alpha value is -4.32. The molecule has 0 bridgehead atoms. The third-order valence-electron chi connectivity index (χ3n) is 4.92. The minimum atomic E-state index is -0.279. The second-order valence-electron chi connectivity index (χ2n) is 7.25. The van der Waals surface area contributed by atoms with Gasteiger partial charge in [0.2, 0.25) is 0 Å². The molecule has 1 amide bonds. The van der Waals surface area contributed by atoms with Crippen molar-refractivity contribution in [3.63, 3.8) is 0 Å². The van der Waals surface area contributed by atoms with Gasteiger partial charge in [0.1, 0.15) is 6.61 Å². The van der Waals surface area contributed by atoms with E-state index in [2.05, 4.69) is 10.5 Å². The predicted octanol–water partition coefficient (Wildman–Crippen LogP) is 5.22. The molecular formula is C27H25N3O3. The number of rotatable bonds is 9. The number of carbonyl (C=O) groups is 1. The van der Waals surface area contributed by atoms with Gasteiger partial charge in [-0.05, 0) is 72.6 Å². The molecule has 3 aromatic carbocycles. The molecule has 0 aliphatic heterocycles. The van der Waals surface area contributed by atoms with Gasteiger partial charge in [-0.1, -0.05) is 30.3 Å². The molecule has 0 saturated carbocycles. The van der Waals surface area contributed by atoms with Crippen molar-refractivity contribution >= 4 is 12.1 Å². The van der Waals surface area contributed by atoms with Crippen molar-refractivity contribution in [3.8, 4) is 17.2 Å². The number of nitrogens with zero attached hydrogens (tertiary/aromatic N) is 2. The van der Waals surface area contributed by atoms with Crippen molar-refractivity contribution in [2.24, 2.45) is 5.10 Å². The molecule has 0 atom stereocenters. The summed E-state index contributed by atoms with van der Waals surface area (Å²) < 4.78 is 13.6. The second-order valence-corrected chi connectivity index (χ2v) is 7.25. The number of benzene rings is 3. The molecule has 1 aromatic heterocycles. The number of aromatic nitrogens is 1. The minimum absolute atomic E-state index is 0.279. The van der Waals surface area contributed by atoms with Gasteiger partial charge < -0.3 is 14.0 Å². The van der Waals surface area contributed by atoms with Crippen LogP contribution >= 0.6 is 0 Å². The van der Waals surface area contributed by atoms with E-state index in [0.29, 0.717) is 30.3 Å². The van der Waals surface area contributed by atoms with E-state index in [1.165, 1.54) is 0 Å². The lowest BCUT2D eigenvalue weighted by Crippen LogP contribution is -2.17. The molecule has 166 valence electrons. The van der Waals surface area contributed by atoms with E-state index in [-0.39, 0.29) is 5.91 Å². The molecule has 1 N–H and O–H groups in total. The molecule has 33 heavy (non-hydrogen) atoms. The molecule has 1 heterocycles. The van der Waals surface area contributed by atoms with Gasteiger partial charge >= 0.3 is 0 Å². The van der Waals surface area contributed by atoms with Crippen LogP contribution in [0.2, 0.25) is 0 Å². The van der Waals surface area contributed by atoms with E-state index >= 15 is 0 Å². The molecule has 6 nitrogen and oxygen atoms in total. The number of ether oxygens (including phenoxy) is 2. The highest BCUT2D eigenvalue weighted by Crippen LogP contribution is 2.29. The zero-order chi connectivity index (χ0) is 22.9. The molecule has 0 spiro atoms. The number of nitrogens with one attached hydrogen (secondary N) is 1. The fraction of sp³-hybridized carbons (Fsp3) is 0.111. The summed E-state index contributed by atoms with van der Waals surface area (Å²) in [6.45, 7) is 2.88. The van der Waals surface area contributed by atoms with Crippen LogP contribution in [0.1, 0.15) is 28.4 Å². The largest absolute Gasteiger partial charge is 0.490 e. The molecule has 0 fully saturated rings. The smallest absolute Gasteiger partial charge is 0.271 e. The Morgan fingerprint density at radius 2 is 1.67 bits per heavy atom. The van der Waals surface area contributed by atoms with Crippen molar-refractivity contribution < 1.29 is 14.3 Å². The van der Waals surface area contributed by atoms with Crippen molar-refractivity contribution in [2.75, 3.05) is 6.61 Å². The first-order chi connectivity index (χ1) is 16.2. The fourth-order valence-electron chi connectivity index (χ4n) is 3.25. The number of hydrogen-bond donors (Lipinski definition) is 1. The maximum atomic E-state index is 12.4. The second kappa shape index (κ2) is 10.8. The molecule has 4 rings (SSSR count). The van der Waals surface area contributed by atoms with Gasteiger partial charge in [-0.3, -0.25) is 4.79 Å². The summed E-state index contributed by atoms with van der Waals surface area (Å²) >= 11 is 0. The Kier molecular flexibility index (Phi) is 7.18. The fourth-order valence-corrected chi connectivity index (χ4v) is 3.25. The molecule has 0 radical (unpaired) electrons. The lowest BCUT2D eigenvalue weighted by atomic mass is 10.2. The van der Waals surface area contributed by atoms with Crippen LogP contribution in [-0.2, 0) is 6.61 Å². The third-order valence-corrected chi connectivity index (χ3v) is 4.92. The third kappa shape index (κ3) is 5.89. The summed E-state index contributed by atoms with van der Waals surface area (Å²) in [6.07, 6.45) is 5.48. The van der Waals surface area contributed by atoms with Gasteiger partial charge in [0.25, 0.3) is 5.91 Å². The van der Waals surface area contributed by atoms with Crippen LogP contribution in [0, 0.1) is 0 Å². The molecule has 6 heteroatoms. The Labute approximate surface area is 193 Å². The van der Waals surface area contributed by atoms with Crippen molar-refractivity contribution in [2.45, 2.75) is 13.5 Å². The Balaban J connectivity index is 1.37. The zero-order valence-corrected chi connectivity index (χ0v) is 18.3. The molecule has 0 aliphatic rings. The highest BCUT2D eigenvalue weighted by Gasteiger charge is 2.07. The van der Waals surface area contributed by atoms with Crippen LogP contribution < -0.4 is 14.9 Å². The van der Waals surface area contributed by atoms with Gasteiger partial charge in [-0.2, -0.15) is 5.10 Å². The van der Waals surface area contributed by atoms with Gasteiger partial charge in [0, 0.05) is 23.6 Å². The summed E-state index contributed by atoms with van der Waals surface area (Å²) in [5.41, 5.74) is 5.94. The first kappa shape index (κ1) is 21.9. The Bertz CT molecular complexity index is 1200. The quantitative estimate of drug-likeness (QED) is 0.287. The van der Waals surface area contributed by atoms with E-state index in [0.717, 1.165) is 16.8 Å². The first-order valence-electron chi connectivity index (χ1n) is 10.7. The average molecular weight is 440 g/mol. The number of carbonyl (C=O) groups excluding carboxylic acids is 1. The SMILES string of the molecule is CCOc1cc(C=NNC(=O)c2ccc(-n3cccc3)cc2)ccc1OCc1ccccc1. The maximum Gasteiger partial charge on any atom is 0.271 e. The lowest BCUT2D eigenvalue weighted by Gasteiger charge is -2.12. The van der Waals surface area contributed by atoms with E-state index in [9.17, 15) is 4.79 Å². The van der Waals surface area contributed by atoms with Crippen LogP contribution in [0.15, 0.2) is 102 Å². The summed E-state index contributed by atoms with van der Waals surface area (Å²) in [5, 5.41) is 4.09. The topological polar surface area (TPSA) is 64.8 Å². The van der Waals surface area contributed by atoms with Crippen LogP contribution in [0.25, 0.3) is 5.69 Å². The minimum Gasteiger partial charge on any atom is -0.490 e. The molecule has 0 saturated heterocycles. The highest BCUT2D eigenvalue weighted by molar-refractivity contribution is 5.95. The molecule has 4 aromatic rings. The van der Waals surface area contributed by atoms with Crippen LogP contribution in [0.4, 0.5) is 0 Å². The van der Waals surface area contributed by atoms with Crippen molar-refractivity contribution in [3.05, 3.63) is 114 Å². The van der Waals surface area contributed by atoms with Crippen molar-refractivity contribution in [1.29, 1.82) is 0 Å². The van der Waals surface area contributed by atoms with Crippen LogP contribution in [0.3, 0.4) is 0 Å². The predicted molar refractivity (Wildman–Crippen MR) is 129 cm³/mol. The van der Waals surface area contributed by atoms with Gasteiger partial charge in [0.15, 0.2) is 11.5 Å². The van der Waals surface area contributed by atoms with Crippen LogP contribution in [0.5, 0.6) is 11.5 Å².